The number of anilines is 1. The molecule has 28 heavy (non-hydrogen) atoms. The maximum Gasteiger partial charge on any atom is 0.0992 e. The molecule has 1 aromatic heterocycles. The summed E-state index contributed by atoms with van der Waals surface area (Å²) in [5.74, 6) is 0.485. The molecule has 0 aliphatic heterocycles. The molecule has 0 bridgehead atoms. The van der Waals surface area contributed by atoms with Gasteiger partial charge in [0.2, 0.25) is 0 Å². The lowest BCUT2D eigenvalue weighted by Gasteiger charge is -2.25. The highest BCUT2D eigenvalue weighted by Crippen LogP contribution is 2.37. The first-order valence-electron chi connectivity index (χ1n) is 10.4. The molecular formula is C25H35N3. The van der Waals surface area contributed by atoms with Gasteiger partial charge >= 0.3 is 0 Å². The van der Waals surface area contributed by atoms with Crippen molar-refractivity contribution < 1.29 is 0 Å². The Bertz CT molecular complexity index is 764. The molecule has 0 unspecified atom stereocenters. The van der Waals surface area contributed by atoms with Crippen molar-refractivity contribution in [3.8, 4) is 6.07 Å². The van der Waals surface area contributed by atoms with E-state index in [1.165, 1.54) is 11.1 Å². The number of hydrogen-bond donors (Lipinski definition) is 0. The zero-order valence-electron chi connectivity index (χ0n) is 18.4. The molecule has 0 saturated heterocycles. The number of nitrogens with zero attached hydrogens (tertiary/aromatic N) is 3. The Balaban J connectivity index is 0.00000190. The average molecular weight is 378 g/mol. The standard InChI is InChI=1S/C23H29N3.C2H6/c1-5-9-19(10-6-2)22(16-20-11-7-8-14-25-20)21-13-12-18(17-24)15-23(21)26(3)4;1-2/h7-8,11-16,19H,5-6,9-10H2,1-4H3;1-2H3/b22-16+;. The van der Waals surface area contributed by atoms with E-state index in [4.69, 9.17) is 0 Å². The van der Waals surface area contributed by atoms with Crippen molar-refractivity contribution in [2.24, 2.45) is 5.92 Å². The van der Waals surface area contributed by atoms with E-state index < -0.39 is 0 Å². The van der Waals surface area contributed by atoms with Gasteiger partial charge in [0.15, 0.2) is 0 Å². The summed E-state index contributed by atoms with van der Waals surface area (Å²) in [6, 6.07) is 14.3. The molecule has 0 saturated carbocycles. The van der Waals surface area contributed by atoms with E-state index in [1.54, 1.807) is 0 Å². The summed E-state index contributed by atoms with van der Waals surface area (Å²) in [5.41, 5.74) is 5.28. The van der Waals surface area contributed by atoms with Crippen molar-refractivity contribution in [3.63, 3.8) is 0 Å². The van der Waals surface area contributed by atoms with Crippen LogP contribution in [-0.4, -0.2) is 19.1 Å². The first-order valence-corrected chi connectivity index (χ1v) is 10.4. The minimum Gasteiger partial charge on any atom is -0.377 e. The molecule has 3 heteroatoms. The maximum atomic E-state index is 9.29. The highest BCUT2D eigenvalue weighted by Gasteiger charge is 2.19. The van der Waals surface area contributed by atoms with Crippen LogP contribution in [0.2, 0.25) is 0 Å². The van der Waals surface area contributed by atoms with Crippen LogP contribution in [0, 0.1) is 17.2 Å². The number of pyridine rings is 1. The predicted molar refractivity (Wildman–Crippen MR) is 122 cm³/mol. The van der Waals surface area contributed by atoms with E-state index in [1.807, 2.05) is 64.5 Å². The van der Waals surface area contributed by atoms with Crippen molar-refractivity contribution >= 4 is 17.3 Å². The third kappa shape index (κ3) is 6.53. The van der Waals surface area contributed by atoms with Crippen LogP contribution in [0.5, 0.6) is 0 Å². The van der Waals surface area contributed by atoms with Gasteiger partial charge in [0, 0.05) is 31.5 Å². The molecule has 0 atom stereocenters. The van der Waals surface area contributed by atoms with Gasteiger partial charge in [0.1, 0.15) is 0 Å². The second-order valence-corrected chi connectivity index (χ2v) is 6.87. The largest absolute Gasteiger partial charge is 0.377 e. The van der Waals surface area contributed by atoms with Gasteiger partial charge in [0.05, 0.1) is 17.3 Å². The third-order valence-electron chi connectivity index (χ3n) is 4.62. The molecule has 1 aromatic carbocycles. The number of allylic oxidation sites excluding steroid dienone is 1. The Kier molecular flexibility index (Phi) is 10.7. The van der Waals surface area contributed by atoms with Crippen LogP contribution in [0.25, 0.3) is 11.6 Å². The SMILES string of the molecule is CC.CCCC(CCC)/C(=C\c1ccccn1)c1ccc(C#N)cc1N(C)C. The number of benzene rings is 1. The molecule has 3 nitrogen and oxygen atoms in total. The summed E-state index contributed by atoms with van der Waals surface area (Å²) in [6.45, 7) is 8.49. The van der Waals surface area contributed by atoms with Gasteiger partial charge in [-0.25, -0.2) is 0 Å². The fourth-order valence-corrected chi connectivity index (χ4v) is 3.40. The maximum absolute atomic E-state index is 9.29. The van der Waals surface area contributed by atoms with Crippen molar-refractivity contribution in [2.45, 2.75) is 53.4 Å². The molecule has 2 aromatic rings. The van der Waals surface area contributed by atoms with E-state index in [0.717, 1.165) is 37.1 Å². The van der Waals surface area contributed by atoms with Crippen molar-refractivity contribution in [1.82, 2.24) is 4.98 Å². The molecule has 0 N–H and O–H groups in total. The quantitative estimate of drug-likeness (QED) is 0.507. The van der Waals surface area contributed by atoms with Crippen molar-refractivity contribution in [3.05, 3.63) is 59.4 Å². The monoisotopic (exact) mass is 377 g/mol. The Hall–Kier alpha value is -2.60. The Labute approximate surface area is 171 Å². The van der Waals surface area contributed by atoms with Crippen LogP contribution in [-0.2, 0) is 0 Å². The Morgan fingerprint density at radius 1 is 1.11 bits per heavy atom. The average Bonchev–Trinajstić information content (AvgIpc) is 2.73. The van der Waals surface area contributed by atoms with Crippen LogP contribution in [0.1, 0.15) is 70.2 Å². The topological polar surface area (TPSA) is 39.9 Å². The highest BCUT2D eigenvalue weighted by molar-refractivity contribution is 5.88. The van der Waals surface area contributed by atoms with Gasteiger partial charge in [0.25, 0.3) is 0 Å². The van der Waals surface area contributed by atoms with Crippen LogP contribution < -0.4 is 4.90 Å². The number of aromatic nitrogens is 1. The van der Waals surface area contributed by atoms with Crippen LogP contribution in [0.4, 0.5) is 5.69 Å². The Morgan fingerprint density at radius 3 is 2.29 bits per heavy atom. The second-order valence-electron chi connectivity index (χ2n) is 6.87. The fourth-order valence-electron chi connectivity index (χ4n) is 3.40. The first-order chi connectivity index (χ1) is 13.6. The second kappa shape index (κ2) is 12.7. The Morgan fingerprint density at radius 2 is 1.79 bits per heavy atom. The lowest BCUT2D eigenvalue weighted by atomic mass is 9.84. The molecule has 0 spiro atoms. The van der Waals surface area contributed by atoms with Gasteiger partial charge < -0.3 is 4.90 Å². The molecule has 0 aliphatic rings. The zero-order valence-corrected chi connectivity index (χ0v) is 18.4. The summed E-state index contributed by atoms with van der Waals surface area (Å²) in [4.78, 5) is 6.61. The fraction of sp³-hybridized carbons (Fsp3) is 0.440. The molecule has 0 amide bonds. The van der Waals surface area contributed by atoms with Crippen LogP contribution in [0.3, 0.4) is 0 Å². The molecule has 2 rings (SSSR count). The molecular weight excluding hydrogens is 342 g/mol. The van der Waals surface area contributed by atoms with Gasteiger partial charge in [-0.15, -0.1) is 0 Å². The van der Waals surface area contributed by atoms with Gasteiger partial charge in [-0.2, -0.15) is 5.26 Å². The summed E-state index contributed by atoms with van der Waals surface area (Å²) in [6.07, 6.45) is 8.67. The summed E-state index contributed by atoms with van der Waals surface area (Å²) in [5, 5.41) is 9.29. The van der Waals surface area contributed by atoms with E-state index in [2.05, 4.69) is 41.9 Å². The number of hydrogen-bond acceptors (Lipinski definition) is 3. The number of rotatable bonds is 8. The van der Waals surface area contributed by atoms with Crippen LogP contribution in [0.15, 0.2) is 42.6 Å². The van der Waals surface area contributed by atoms with E-state index >= 15 is 0 Å². The normalized spacial score (nSPS) is 10.9. The van der Waals surface area contributed by atoms with Gasteiger partial charge in [-0.3, -0.25) is 4.98 Å². The summed E-state index contributed by atoms with van der Waals surface area (Å²) < 4.78 is 0. The molecule has 0 fully saturated rings. The van der Waals surface area contributed by atoms with Crippen LogP contribution >= 0.6 is 0 Å². The summed E-state index contributed by atoms with van der Waals surface area (Å²) >= 11 is 0. The van der Waals surface area contributed by atoms with Gasteiger partial charge in [-0.1, -0.05) is 52.7 Å². The molecule has 150 valence electrons. The van der Waals surface area contributed by atoms with Crippen molar-refractivity contribution in [2.75, 3.05) is 19.0 Å². The minimum absolute atomic E-state index is 0.485. The van der Waals surface area contributed by atoms with E-state index in [9.17, 15) is 5.26 Å². The summed E-state index contributed by atoms with van der Waals surface area (Å²) in [7, 11) is 4.07. The highest BCUT2D eigenvalue weighted by atomic mass is 15.1. The lowest BCUT2D eigenvalue weighted by molar-refractivity contribution is 0.545. The smallest absolute Gasteiger partial charge is 0.0992 e. The molecule has 0 radical (unpaired) electrons. The molecule has 1 heterocycles. The van der Waals surface area contributed by atoms with E-state index in [-0.39, 0.29) is 0 Å². The lowest BCUT2D eigenvalue weighted by Crippen LogP contribution is -2.13. The van der Waals surface area contributed by atoms with E-state index in [0.29, 0.717) is 11.5 Å². The third-order valence-corrected chi connectivity index (χ3v) is 4.62. The van der Waals surface area contributed by atoms with Gasteiger partial charge in [-0.05, 0) is 54.7 Å². The molecule has 0 aliphatic carbocycles. The first kappa shape index (κ1) is 23.4. The zero-order chi connectivity index (χ0) is 20.9. The predicted octanol–water partition coefficient (Wildman–Crippen LogP) is 6.80. The van der Waals surface area contributed by atoms with Crippen molar-refractivity contribution in [1.29, 1.82) is 5.26 Å². The minimum atomic E-state index is 0.485. The number of nitriles is 1.